The molecule has 0 bridgehead atoms. The van der Waals surface area contributed by atoms with Crippen LogP contribution >= 0.6 is 0 Å². The zero-order chi connectivity index (χ0) is 16.4. The summed E-state index contributed by atoms with van der Waals surface area (Å²) in [6, 6.07) is 5.09. The molecule has 0 aliphatic heterocycles. The van der Waals surface area contributed by atoms with Crippen molar-refractivity contribution >= 4 is 12.0 Å². The minimum atomic E-state index is -0.535. The first-order chi connectivity index (χ1) is 9.99. The lowest BCUT2D eigenvalue weighted by molar-refractivity contribution is -0.384. The van der Waals surface area contributed by atoms with Crippen LogP contribution in [0, 0.1) is 10.1 Å². The summed E-state index contributed by atoms with van der Waals surface area (Å²) in [6.45, 7) is 0. The number of ether oxygens (including phenoxy) is 1. The van der Waals surface area contributed by atoms with E-state index >= 15 is 0 Å². The maximum absolute atomic E-state index is 10.2. The van der Waals surface area contributed by atoms with Gasteiger partial charge in [-0.15, -0.1) is 0 Å². The molecular weight excluding hydrogens is 276 g/mol. The molecule has 0 radical (unpaired) electrons. The zero-order valence-electron chi connectivity index (χ0n) is 12.5. The Morgan fingerprint density at radius 2 is 1.95 bits per heavy atom. The Morgan fingerprint density at radius 1 is 1.33 bits per heavy atom. The SMILES string of the molecule is CN.COc1cccn1C.Cn1cc([N+](=O)[O-])cc1C=O. The van der Waals surface area contributed by atoms with E-state index < -0.39 is 4.92 Å². The number of nitrogens with zero attached hydrogens (tertiary/aromatic N) is 3. The van der Waals surface area contributed by atoms with Crippen molar-refractivity contribution in [3.8, 4) is 5.88 Å². The van der Waals surface area contributed by atoms with Gasteiger partial charge in [-0.05, 0) is 19.2 Å². The van der Waals surface area contributed by atoms with Gasteiger partial charge in [-0.2, -0.15) is 0 Å². The fraction of sp³-hybridized carbons (Fsp3) is 0.308. The second-order valence-electron chi connectivity index (χ2n) is 3.77. The van der Waals surface area contributed by atoms with Crippen LogP contribution in [0.1, 0.15) is 10.5 Å². The molecule has 2 N–H and O–H groups in total. The van der Waals surface area contributed by atoms with E-state index in [1.54, 1.807) is 14.2 Å². The molecule has 0 aromatic carbocycles. The number of carbonyl (C=O) groups excluding carboxylic acids is 1. The molecule has 0 saturated carbocycles. The molecule has 0 fully saturated rings. The molecule has 2 aromatic rings. The molecule has 0 aliphatic rings. The quantitative estimate of drug-likeness (QED) is 0.523. The molecule has 0 amide bonds. The van der Waals surface area contributed by atoms with Gasteiger partial charge in [0.2, 0.25) is 0 Å². The van der Waals surface area contributed by atoms with Crippen molar-refractivity contribution in [1.29, 1.82) is 0 Å². The molecule has 8 nitrogen and oxygen atoms in total. The van der Waals surface area contributed by atoms with Crippen LogP contribution in [0.15, 0.2) is 30.6 Å². The van der Waals surface area contributed by atoms with Crippen LogP contribution in [0.2, 0.25) is 0 Å². The third-order valence-electron chi connectivity index (χ3n) is 2.47. The van der Waals surface area contributed by atoms with Crippen molar-refractivity contribution in [2.45, 2.75) is 0 Å². The van der Waals surface area contributed by atoms with Crippen LogP contribution in [-0.4, -0.2) is 34.5 Å². The number of carbonyl (C=O) groups is 1. The lowest BCUT2D eigenvalue weighted by Gasteiger charge is -1.97. The normalized spacial score (nSPS) is 8.81. The van der Waals surface area contributed by atoms with Gasteiger partial charge in [0.15, 0.2) is 12.2 Å². The van der Waals surface area contributed by atoms with Gasteiger partial charge in [0.05, 0.1) is 23.9 Å². The minimum absolute atomic E-state index is 0.0606. The van der Waals surface area contributed by atoms with Gasteiger partial charge < -0.3 is 19.6 Å². The lowest BCUT2D eigenvalue weighted by atomic mass is 10.4. The fourth-order valence-electron chi connectivity index (χ4n) is 1.44. The van der Waals surface area contributed by atoms with E-state index in [9.17, 15) is 14.9 Å². The number of aryl methyl sites for hydroxylation is 2. The Kier molecular flexibility index (Phi) is 8.16. The molecule has 21 heavy (non-hydrogen) atoms. The van der Waals surface area contributed by atoms with Gasteiger partial charge in [0.25, 0.3) is 5.69 Å². The van der Waals surface area contributed by atoms with Crippen molar-refractivity contribution in [2.75, 3.05) is 14.2 Å². The fourth-order valence-corrected chi connectivity index (χ4v) is 1.44. The molecule has 0 aliphatic carbocycles. The molecule has 0 unspecified atom stereocenters. The monoisotopic (exact) mass is 296 g/mol. The highest BCUT2D eigenvalue weighted by Gasteiger charge is 2.10. The van der Waals surface area contributed by atoms with Gasteiger partial charge in [-0.25, -0.2) is 0 Å². The summed E-state index contributed by atoms with van der Waals surface area (Å²) in [5.41, 5.74) is 4.74. The van der Waals surface area contributed by atoms with Crippen LogP contribution in [0.5, 0.6) is 5.88 Å². The Hall–Kier alpha value is -2.61. The molecule has 2 aromatic heterocycles. The largest absolute Gasteiger partial charge is 0.482 e. The molecule has 116 valence electrons. The first kappa shape index (κ1) is 18.4. The number of aromatic nitrogens is 2. The highest BCUT2D eigenvalue weighted by molar-refractivity contribution is 5.74. The van der Waals surface area contributed by atoms with E-state index in [0.717, 1.165) is 5.88 Å². The number of aldehydes is 1. The predicted octanol–water partition coefficient (Wildman–Crippen LogP) is 1.35. The van der Waals surface area contributed by atoms with E-state index in [4.69, 9.17) is 4.74 Å². The van der Waals surface area contributed by atoms with Gasteiger partial charge in [0.1, 0.15) is 0 Å². The van der Waals surface area contributed by atoms with Crippen LogP contribution in [-0.2, 0) is 14.1 Å². The van der Waals surface area contributed by atoms with E-state index in [1.165, 1.54) is 23.9 Å². The van der Waals surface area contributed by atoms with Crippen molar-refractivity contribution in [2.24, 2.45) is 19.8 Å². The molecular formula is C13H20N4O4. The van der Waals surface area contributed by atoms with Crippen LogP contribution in [0.4, 0.5) is 5.69 Å². The van der Waals surface area contributed by atoms with Crippen molar-refractivity contribution in [1.82, 2.24) is 9.13 Å². The molecule has 0 atom stereocenters. The van der Waals surface area contributed by atoms with Crippen LogP contribution < -0.4 is 10.5 Å². The average Bonchev–Trinajstić information content (AvgIpc) is 3.07. The zero-order valence-corrected chi connectivity index (χ0v) is 12.5. The number of hydrogen-bond donors (Lipinski definition) is 1. The summed E-state index contributed by atoms with van der Waals surface area (Å²) in [7, 11) is 6.69. The van der Waals surface area contributed by atoms with E-state index in [-0.39, 0.29) is 5.69 Å². The molecule has 2 heterocycles. The van der Waals surface area contributed by atoms with Crippen LogP contribution in [0.25, 0.3) is 0 Å². The van der Waals surface area contributed by atoms with Crippen molar-refractivity contribution in [3.63, 3.8) is 0 Å². The number of nitrogens with two attached hydrogens (primary N) is 1. The summed E-state index contributed by atoms with van der Waals surface area (Å²) >= 11 is 0. The number of hydrogen-bond acceptors (Lipinski definition) is 5. The van der Waals surface area contributed by atoms with E-state index in [1.807, 2.05) is 29.9 Å². The second kappa shape index (κ2) is 9.32. The number of rotatable bonds is 3. The molecule has 0 saturated heterocycles. The van der Waals surface area contributed by atoms with Crippen molar-refractivity contribution < 1.29 is 14.5 Å². The van der Waals surface area contributed by atoms with Gasteiger partial charge in [0, 0.05) is 26.4 Å². The molecule has 2 rings (SSSR count). The Labute approximate surface area is 122 Å². The Balaban J connectivity index is 0.000000354. The second-order valence-corrected chi connectivity index (χ2v) is 3.77. The third-order valence-corrected chi connectivity index (χ3v) is 2.47. The maximum atomic E-state index is 10.2. The van der Waals surface area contributed by atoms with Gasteiger partial charge in [-0.1, -0.05) is 0 Å². The predicted molar refractivity (Wildman–Crippen MR) is 79.5 cm³/mol. The summed E-state index contributed by atoms with van der Waals surface area (Å²) in [6.07, 6.45) is 3.82. The third kappa shape index (κ3) is 5.49. The highest BCUT2D eigenvalue weighted by atomic mass is 16.6. The van der Waals surface area contributed by atoms with Gasteiger partial charge >= 0.3 is 0 Å². The number of methoxy groups -OCH3 is 1. The first-order valence-electron chi connectivity index (χ1n) is 5.98. The highest BCUT2D eigenvalue weighted by Crippen LogP contribution is 2.12. The van der Waals surface area contributed by atoms with Gasteiger partial charge in [-0.3, -0.25) is 14.9 Å². The summed E-state index contributed by atoms with van der Waals surface area (Å²) in [4.78, 5) is 19.8. The molecule has 8 heteroatoms. The Morgan fingerprint density at radius 3 is 2.19 bits per heavy atom. The Bertz CT molecular complexity index is 574. The smallest absolute Gasteiger partial charge is 0.287 e. The minimum Gasteiger partial charge on any atom is -0.482 e. The summed E-state index contributed by atoms with van der Waals surface area (Å²) < 4.78 is 8.27. The molecule has 0 spiro atoms. The van der Waals surface area contributed by atoms with Crippen molar-refractivity contribution in [3.05, 3.63) is 46.4 Å². The maximum Gasteiger partial charge on any atom is 0.287 e. The number of nitro groups is 1. The summed E-state index contributed by atoms with van der Waals surface area (Å²) in [5.74, 6) is 0.894. The lowest BCUT2D eigenvalue weighted by Crippen LogP contribution is -1.90. The van der Waals surface area contributed by atoms with E-state index in [2.05, 4.69) is 5.73 Å². The average molecular weight is 296 g/mol. The summed E-state index contributed by atoms with van der Waals surface area (Å²) in [5, 5.41) is 10.2. The van der Waals surface area contributed by atoms with E-state index in [0.29, 0.717) is 12.0 Å². The van der Waals surface area contributed by atoms with Crippen LogP contribution in [0.3, 0.4) is 0 Å². The standard InChI is InChI=1S/C6H6N2O3.C6H9NO.CH5N/c1-7-3-5(8(10)11)2-6(7)4-9;1-7-5-3-4-6(7)8-2;1-2/h2-4H,1H3;3-5H,1-2H3;2H2,1H3. The first-order valence-corrected chi connectivity index (χ1v) is 5.98. The topological polar surface area (TPSA) is 105 Å².